The quantitative estimate of drug-likeness (QED) is 0.771. The number of hydrogen-bond donors (Lipinski definition) is 0. The van der Waals surface area contributed by atoms with Crippen LogP contribution < -0.4 is 4.74 Å². The molecule has 0 saturated heterocycles. The molecule has 86 valence electrons. The van der Waals surface area contributed by atoms with Crippen molar-refractivity contribution in [3.05, 3.63) is 12.4 Å². The monoisotopic (exact) mass is 274 g/mol. The zero-order chi connectivity index (χ0) is 11.5. The Balaban J connectivity index is 2.51. The first-order valence-corrected chi connectivity index (χ1v) is 6.30. The second-order valence-corrected chi connectivity index (χ2v) is 5.40. The van der Waals surface area contributed by atoms with Crippen molar-refractivity contribution >= 4 is 15.9 Å². The van der Waals surface area contributed by atoms with Crippen LogP contribution in [0.2, 0.25) is 0 Å². The van der Waals surface area contributed by atoms with Crippen molar-refractivity contribution < 1.29 is 4.74 Å². The highest BCUT2D eigenvalue weighted by Gasteiger charge is 2.17. The maximum absolute atomic E-state index is 5.68. The van der Waals surface area contributed by atoms with Crippen molar-refractivity contribution in [2.24, 2.45) is 5.41 Å². The molecule has 1 rings (SSSR count). The van der Waals surface area contributed by atoms with Gasteiger partial charge >= 0.3 is 0 Å². The third-order valence-corrected chi connectivity index (χ3v) is 3.62. The number of ether oxygens (including phenoxy) is 1. The van der Waals surface area contributed by atoms with Crippen molar-refractivity contribution in [1.29, 1.82) is 0 Å². The zero-order valence-electron chi connectivity index (χ0n) is 9.83. The van der Waals surface area contributed by atoms with Crippen molar-refractivity contribution in [3.63, 3.8) is 0 Å². The molecule has 0 aliphatic carbocycles. The molecule has 0 spiro atoms. The van der Waals surface area contributed by atoms with Gasteiger partial charge in [-0.15, -0.1) is 0 Å². The van der Waals surface area contributed by atoms with Gasteiger partial charge in [0.2, 0.25) is 0 Å². The summed E-state index contributed by atoms with van der Waals surface area (Å²) in [5.74, 6) is 0.845. The Morgan fingerprint density at radius 3 is 2.67 bits per heavy atom. The maximum atomic E-state index is 5.68. The highest BCUT2D eigenvalue weighted by atomic mass is 79.9. The summed E-state index contributed by atoms with van der Waals surface area (Å²) in [5, 5.41) is 5.15. The van der Waals surface area contributed by atoms with Gasteiger partial charge in [0.15, 0.2) is 5.75 Å². The number of alkyl halides is 1. The Hall–Kier alpha value is -0.510. The summed E-state index contributed by atoms with van der Waals surface area (Å²) in [4.78, 5) is 0. The third-order valence-electron chi connectivity index (χ3n) is 2.10. The van der Waals surface area contributed by atoms with Gasteiger partial charge in [0.05, 0.1) is 19.0 Å². The Kier molecular flexibility index (Phi) is 4.20. The molecule has 4 heteroatoms. The first-order chi connectivity index (χ1) is 6.94. The molecule has 0 aliphatic heterocycles. The minimum absolute atomic E-state index is 0.153. The van der Waals surface area contributed by atoms with E-state index in [9.17, 15) is 0 Å². The van der Waals surface area contributed by atoms with Crippen LogP contribution in [0, 0.1) is 5.41 Å². The molecule has 1 aromatic heterocycles. The van der Waals surface area contributed by atoms with Crippen LogP contribution in [-0.4, -0.2) is 21.7 Å². The normalized spacial score (nSPS) is 12.1. The molecule has 0 unspecified atom stereocenters. The lowest BCUT2D eigenvalue weighted by Gasteiger charge is -2.20. The summed E-state index contributed by atoms with van der Waals surface area (Å²) in [6.45, 7) is 9.21. The summed E-state index contributed by atoms with van der Waals surface area (Å²) in [5.41, 5.74) is 0.153. The van der Waals surface area contributed by atoms with E-state index < -0.39 is 0 Å². The van der Waals surface area contributed by atoms with E-state index in [2.05, 4.69) is 48.7 Å². The summed E-state index contributed by atoms with van der Waals surface area (Å²) in [7, 11) is 0. The number of halogens is 1. The number of nitrogens with zero attached hydrogens (tertiary/aromatic N) is 2. The molecule has 0 aromatic carbocycles. The number of aromatic nitrogens is 2. The minimum atomic E-state index is 0.153. The van der Waals surface area contributed by atoms with E-state index in [1.165, 1.54) is 0 Å². The Bertz CT molecular complexity index is 307. The first-order valence-electron chi connectivity index (χ1n) is 5.17. The van der Waals surface area contributed by atoms with Crippen LogP contribution in [0.3, 0.4) is 0 Å². The molecule has 0 radical (unpaired) electrons. The van der Waals surface area contributed by atoms with Gasteiger partial charge in [-0.3, -0.25) is 4.68 Å². The summed E-state index contributed by atoms with van der Waals surface area (Å²) < 4.78 is 7.58. The third kappa shape index (κ3) is 3.86. The number of hydrogen-bond acceptors (Lipinski definition) is 2. The van der Waals surface area contributed by atoms with Gasteiger partial charge in [0, 0.05) is 16.8 Å². The van der Waals surface area contributed by atoms with E-state index in [-0.39, 0.29) is 5.41 Å². The molecule has 0 amide bonds. The first kappa shape index (κ1) is 12.6. The lowest BCUT2D eigenvalue weighted by atomic mass is 9.98. The molecule has 0 N–H and O–H groups in total. The summed E-state index contributed by atoms with van der Waals surface area (Å²) in [6.07, 6.45) is 3.71. The molecule has 15 heavy (non-hydrogen) atoms. The Morgan fingerprint density at radius 2 is 2.20 bits per heavy atom. The van der Waals surface area contributed by atoms with Gasteiger partial charge in [-0.2, -0.15) is 5.10 Å². The van der Waals surface area contributed by atoms with E-state index in [0.29, 0.717) is 12.6 Å². The van der Waals surface area contributed by atoms with E-state index in [1.807, 2.05) is 10.9 Å². The van der Waals surface area contributed by atoms with E-state index in [0.717, 1.165) is 11.1 Å². The van der Waals surface area contributed by atoms with Crippen molar-refractivity contribution in [3.8, 4) is 5.75 Å². The van der Waals surface area contributed by atoms with Crippen LogP contribution in [0.1, 0.15) is 33.7 Å². The average molecular weight is 275 g/mol. The molecule has 0 aliphatic rings. The zero-order valence-corrected chi connectivity index (χ0v) is 11.4. The highest BCUT2D eigenvalue weighted by Crippen LogP contribution is 2.21. The molecule has 0 atom stereocenters. The van der Waals surface area contributed by atoms with Gasteiger partial charge in [-0.25, -0.2) is 0 Å². The predicted molar refractivity (Wildman–Crippen MR) is 65.7 cm³/mol. The highest BCUT2D eigenvalue weighted by molar-refractivity contribution is 9.09. The molecule has 0 fully saturated rings. The van der Waals surface area contributed by atoms with Crippen molar-refractivity contribution in [1.82, 2.24) is 9.78 Å². The van der Waals surface area contributed by atoms with Gasteiger partial charge in [-0.05, 0) is 13.8 Å². The van der Waals surface area contributed by atoms with Crippen LogP contribution in [-0.2, 0) is 0 Å². The fourth-order valence-corrected chi connectivity index (χ4v) is 1.16. The Labute approximate surface area is 99.9 Å². The maximum Gasteiger partial charge on any atom is 0.157 e. The molecule has 0 bridgehead atoms. The lowest BCUT2D eigenvalue weighted by molar-refractivity contribution is 0.203. The molecule has 0 saturated carbocycles. The lowest BCUT2D eigenvalue weighted by Crippen LogP contribution is -2.22. The molecule has 3 nitrogen and oxygen atoms in total. The average Bonchev–Trinajstić information content (AvgIpc) is 2.63. The fraction of sp³-hybridized carbons (Fsp3) is 0.727. The van der Waals surface area contributed by atoms with Crippen molar-refractivity contribution in [2.75, 3.05) is 11.9 Å². The fourth-order valence-electron chi connectivity index (χ4n) is 0.995. The second-order valence-electron chi connectivity index (χ2n) is 4.84. The van der Waals surface area contributed by atoms with Crippen LogP contribution in [0.25, 0.3) is 0 Å². The van der Waals surface area contributed by atoms with E-state index in [4.69, 9.17) is 4.74 Å². The molecular weight excluding hydrogens is 256 g/mol. The molecule has 1 aromatic rings. The van der Waals surface area contributed by atoms with E-state index in [1.54, 1.807) is 6.20 Å². The SMILES string of the molecule is CC(C)n1cc(OCC(C)(C)CBr)cn1. The molecular formula is C11H19BrN2O. The van der Waals surface area contributed by atoms with Crippen LogP contribution in [0.15, 0.2) is 12.4 Å². The predicted octanol–water partition coefficient (Wildman–Crippen LogP) is 3.26. The van der Waals surface area contributed by atoms with Gasteiger partial charge in [-0.1, -0.05) is 29.8 Å². The standard InChI is InChI=1S/C11H19BrN2O/c1-9(2)14-6-10(5-13-14)15-8-11(3,4)7-12/h5-6,9H,7-8H2,1-4H3. The van der Waals surface area contributed by atoms with Crippen LogP contribution in [0.4, 0.5) is 0 Å². The van der Waals surface area contributed by atoms with Gasteiger partial charge < -0.3 is 4.74 Å². The number of rotatable bonds is 5. The van der Waals surface area contributed by atoms with Gasteiger partial charge in [0.25, 0.3) is 0 Å². The minimum Gasteiger partial charge on any atom is -0.490 e. The van der Waals surface area contributed by atoms with Crippen molar-refractivity contribution in [2.45, 2.75) is 33.7 Å². The van der Waals surface area contributed by atoms with Crippen LogP contribution in [0.5, 0.6) is 5.75 Å². The van der Waals surface area contributed by atoms with E-state index >= 15 is 0 Å². The topological polar surface area (TPSA) is 27.1 Å². The Morgan fingerprint density at radius 1 is 1.53 bits per heavy atom. The largest absolute Gasteiger partial charge is 0.490 e. The molecule has 1 heterocycles. The van der Waals surface area contributed by atoms with Gasteiger partial charge in [0.1, 0.15) is 0 Å². The smallest absolute Gasteiger partial charge is 0.157 e. The summed E-state index contributed by atoms with van der Waals surface area (Å²) in [6, 6.07) is 0.381. The van der Waals surface area contributed by atoms with Crippen LogP contribution >= 0.6 is 15.9 Å². The summed E-state index contributed by atoms with van der Waals surface area (Å²) >= 11 is 3.47. The second kappa shape index (κ2) is 5.01.